The van der Waals surface area contributed by atoms with E-state index < -0.39 is 5.41 Å². The minimum atomic E-state index is -0.421. The fraction of sp³-hybridized carbons (Fsp3) is 0.667. The lowest BCUT2D eigenvalue weighted by Crippen LogP contribution is -2.16. The topological polar surface area (TPSA) is 23.8 Å². The molecule has 0 aliphatic heterocycles. The summed E-state index contributed by atoms with van der Waals surface area (Å²) in [6.07, 6.45) is 0. The fourth-order valence-corrected chi connectivity index (χ4v) is 0.124. The Kier molecular flexibility index (Phi) is 2.12. The number of nitriles is 1. The van der Waals surface area contributed by atoms with Crippen molar-refractivity contribution < 1.29 is 0 Å². The average Bonchev–Trinajstić information content (AvgIpc) is 1.67. The Labute approximate surface area is 55.3 Å². The Morgan fingerprint density at radius 2 is 2.00 bits per heavy atom. The molecule has 0 amide bonds. The van der Waals surface area contributed by atoms with Crippen molar-refractivity contribution in [1.82, 2.24) is 0 Å². The Morgan fingerprint density at radius 1 is 1.62 bits per heavy atom. The Bertz CT molecular complexity index is 141. The first-order valence-electron chi connectivity index (χ1n) is 2.43. The van der Waals surface area contributed by atoms with Gasteiger partial charge in [0.2, 0.25) is 0 Å². The Balaban J connectivity index is 4.19. The second-order valence-electron chi connectivity index (χ2n) is 2.29. The zero-order valence-electron chi connectivity index (χ0n) is 5.36. The number of thiocarbonyl (C=S) groups is 1. The van der Waals surface area contributed by atoms with Gasteiger partial charge in [-0.3, -0.25) is 0 Å². The van der Waals surface area contributed by atoms with Crippen molar-refractivity contribution in [1.29, 1.82) is 5.26 Å². The molecule has 0 aromatic heterocycles. The van der Waals surface area contributed by atoms with E-state index in [4.69, 9.17) is 17.5 Å². The van der Waals surface area contributed by atoms with Crippen LogP contribution in [0.4, 0.5) is 0 Å². The third-order valence-electron chi connectivity index (χ3n) is 1.16. The lowest BCUT2D eigenvalue weighted by molar-refractivity contribution is 0.702. The van der Waals surface area contributed by atoms with Gasteiger partial charge < -0.3 is 0 Å². The van der Waals surface area contributed by atoms with Gasteiger partial charge in [-0.25, -0.2) is 0 Å². The van der Waals surface area contributed by atoms with E-state index >= 15 is 0 Å². The highest BCUT2D eigenvalue weighted by Crippen LogP contribution is 2.14. The standard InChI is InChI=1S/C6H9NS/c1-5(8)6(2,3)4-7/h1-3H3. The summed E-state index contributed by atoms with van der Waals surface area (Å²) < 4.78 is 0. The van der Waals surface area contributed by atoms with Gasteiger partial charge in [-0.1, -0.05) is 12.2 Å². The molecule has 0 fully saturated rings. The summed E-state index contributed by atoms with van der Waals surface area (Å²) in [4.78, 5) is 0.750. The minimum absolute atomic E-state index is 0.421. The van der Waals surface area contributed by atoms with E-state index in [9.17, 15) is 0 Å². The highest BCUT2D eigenvalue weighted by Gasteiger charge is 2.17. The maximum Gasteiger partial charge on any atom is 0.0825 e. The molecular formula is C6H9NS. The zero-order valence-corrected chi connectivity index (χ0v) is 6.17. The van der Waals surface area contributed by atoms with Crippen LogP contribution in [0.3, 0.4) is 0 Å². The first kappa shape index (κ1) is 7.58. The predicted octanol–water partition coefficient (Wildman–Crippen LogP) is 1.93. The maximum atomic E-state index is 8.43. The van der Waals surface area contributed by atoms with Crippen LogP contribution in [0.25, 0.3) is 0 Å². The molecule has 0 radical (unpaired) electrons. The summed E-state index contributed by atoms with van der Waals surface area (Å²) in [5.41, 5.74) is -0.421. The predicted molar refractivity (Wildman–Crippen MR) is 37.7 cm³/mol. The molecule has 0 aliphatic rings. The van der Waals surface area contributed by atoms with Gasteiger partial charge in [0.15, 0.2) is 0 Å². The van der Waals surface area contributed by atoms with Crippen LogP contribution in [0.5, 0.6) is 0 Å². The molecule has 0 saturated carbocycles. The summed E-state index contributed by atoms with van der Waals surface area (Å²) in [6.45, 7) is 5.42. The molecule has 0 saturated heterocycles. The van der Waals surface area contributed by atoms with Crippen LogP contribution in [-0.4, -0.2) is 4.86 Å². The molecule has 8 heavy (non-hydrogen) atoms. The van der Waals surface area contributed by atoms with Gasteiger partial charge >= 0.3 is 0 Å². The molecule has 0 rings (SSSR count). The third kappa shape index (κ3) is 1.59. The first-order valence-corrected chi connectivity index (χ1v) is 2.84. The normalized spacial score (nSPS) is 10.2. The lowest BCUT2D eigenvalue weighted by Gasteiger charge is -2.11. The van der Waals surface area contributed by atoms with Gasteiger partial charge in [0.05, 0.1) is 11.5 Å². The van der Waals surface area contributed by atoms with E-state index in [0.29, 0.717) is 0 Å². The fourth-order valence-electron chi connectivity index (χ4n) is 0.0787. The summed E-state index contributed by atoms with van der Waals surface area (Å²) in [7, 11) is 0. The summed E-state index contributed by atoms with van der Waals surface area (Å²) in [5, 5.41) is 8.43. The Hall–Kier alpha value is -0.420. The second-order valence-corrected chi connectivity index (χ2v) is 2.91. The number of nitrogens with zero attached hydrogens (tertiary/aromatic N) is 1. The van der Waals surface area contributed by atoms with Crippen molar-refractivity contribution in [3.8, 4) is 6.07 Å². The minimum Gasteiger partial charge on any atom is -0.197 e. The van der Waals surface area contributed by atoms with Crippen LogP contribution in [0.15, 0.2) is 0 Å². The van der Waals surface area contributed by atoms with Crippen LogP contribution in [0.1, 0.15) is 20.8 Å². The molecule has 0 bridgehead atoms. The summed E-state index contributed by atoms with van der Waals surface area (Å²) in [5.74, 6) is 0. The van der Waals surface area contributed by atoms with Crippen molar-refractivity contribution in [2.45, 2.75) is 20.8 Å². The second kappa shape index (κ2) is 2.23. The van der Waals surface area contributed by atoms with Crippen molar-refractivity contribution in [2.24, 2.45) is 5.41 Å². The van der Waals surface area contributed by atoms with Gasteiger partial charge in [-0.2, -0.15) is 5.26 Å². The van der Waals surface area contributed by atoms with Crippen LogP contribution < -0.4 is 0 Å². The molecule has 0 aromatic rings. The van der Waals surface area contributed by atoms with Crippen molar-refractivity contribution in [2.75, 3.05) is 0 Å². The van der Waals surface area contributed by atoms with Gasteiger partial charge in [0.1, 0.15) is 0 Å². The van der Waals surface area contributed by atoms with Crippen molar-refractivity contribution in [3.05, 3.63) is 0 Å². The lowest BCUT2D eigenvalue weighted by atomic mass is 9.92. The molecule has 0 aromatic carbocycles. The monoisotopic (exact) mass is 127 g/mol. The van der Waals surface area contributed by atoms with Gasteiger partial charge in [0.25, 0.3) is 0 Å². The molecule has 1 nitrogen and oxygen atoms in total. The van der Waals surface area contributed by atoms with Crippen molar-refractivity contribution >= 4 is 17.1 Å². The van der Waals surface area contributed by atoms with Crippen LogP contribution in [0, 0.1) is 16.7 Å². The molecule has 0 unspecified atom stereocenters. The van der Waals surface area contributed by atoms with Crippen LogP contribution >= 0.6 is 12.2 Å². The number of hydrogen-bond acceptors (Lipinski definition) is 2. The average molecular weight is 127 g/mol. The van der Waals surface area contributed by atoms with E-state index in [2.05, 4.69) is 6.07 Å². The summed E-state index contributed by atoms with van der Waals surface area (Å²) in [6, 6.07) is 2.10. The molecule has 0 N–H and O–H groups in total. The summed E-state index contributed by atoms with van der Waals surface area (Å²) >= 11 is 4.81. The maximum absolute atomic E-state index is 8.43. The third-order valence-corrected chi connectivity index (χ3v) is 1.67. The zero-order chi connectivity index (χ0) is 6.78. The molecule has 2 heteroatoms. The smallest absolute Gasteiger partial charge is 0.0825 e. The highest BCUT2D eigenvalue weighted by molar-refractivity contribution is 7.80. The van der Waals surface area contributed by atoms with E-state index in [1.54, 1.807) is 6.92 Å². The first-order chi connectivity index (χ1) is 3.50. The Morgan fingerprint density at radius 3 is 2.00 bits per heavy atom. The van der Waals surface area contributed by atoms with Crippen LogP contribution in [-0.2, 0) is 0 Å². The van der Waals surface area contributed by atoms with Crippen LogP contribution in [0.2, 0.25) is 0 Å². The largest absolute Gasteiger partial charge is 0.197 e. The van der Waals surface area contributed by atoms with E-state index in [-0.39, 0.29) is 0 Å². The van der Waals surface area contributed by atoms with Gasteiger partial charge in [-0.05, 0) is 20.8 Å². The van der Waals surface area contributed by atoms with Gasteiger partial charge in [-0.15, -0.1) is 0 Å². The van der Waals surface area contributed by atoms with E-state index in [1.807, 2.05) is 13.8 Å². The molecule has 0 atom stereocenters. The van der Waals surface area contributed by atoms with Crippen molar-refractivity contribution in [3.63, 3.8) is 0 Å². The highest BCUT2D eigenvalue weighted by atomic mass is 32.1. The molecule has 44 valence electrons. The molecule has 0 heterocycles. The molecular weight excluding hydrogens is 118 g/mol. The SMILES string of the molecule is CC(=S)C(C)(C)C#N. The molecule has 0 aliphatic carbocycles. The number of hydrogen-bond donors (Lipinski definition) is 0. The molecule has 0 spiro atoms. The number of rotatable bonds is 1. The van der Waals surface area contributed by atoms with Gasteiger partial charge in [0, 0.05) is 4.86 Å². The van der Waals surface area contributed by atoms with E-state index in [0.717, 1.165) is 4.86 Å². The van der Waals surface area contributed by atoms with E-state index in [1.165, 1.54) is 0 Å². The quantitative estimate of drug-likeness (QED) is 0.502.